The van der Waals surface area contributed by atoms with Gasteiger partial charge in [0.1, 0.15) is 23.3 Å². The Labute approximate surface area is 242 Å². The fourth-order valence-corrected chi connectivity index (χ4v) is 7.52. The second-order valence-corrected chi connectivity index (χ2v) is 13.7. The van der Waals surface area contributed by atoms with E-state index in [0.717, 1.165) is 23.3 Å². The molecule has 0 amide bonds. The molecule has 0 spiro atoms. The number of nitrogens with one attached hydrogen (secondary N) is 2. The van der Waals surface area contributed by atoms with Crippen molar-refractivity contribution in [1.82, 2.24) is 19.9 Å². The van der Waals surface area contributed by atoms with Crippen molar-refractivity contribution in [3.05, 3.63) is 97.6 Å². The summed E-state index contributed by atoms with van der Waals surface area (Å²) in [6.45, 7) is 0. The van der Waals surface area contributed by atoms with E-state index in [0.29, 0.717) is 0 Å². The topological polar surface area (TPSA) is 253 Å². The molecule has 1 radical (unpaired) electrons. The molecule has 14 nitrogen and oxygen atoms in total. The molecule has 4 aromatic rings. The average molecular weight is 666 g/mol. The molecule has 19 heteroatoms. The standard InChI is InChI=1S/2C10H9N3.Cu.H2O6S4.2H2O/c2*1-3-7-11-9(5-1)13-10-6-2-4-8-12-10;;1-9(2,3)7-8-10(4,5)6;;/h2*1-8H,(H,11,12,13);;(H,1,2,3)(H,4,5,6);2*1H2/q;;+2;;;/p-2. The van der Waals surface area contributed by atoms with Gasteiger partial charge in [0.15, 0.2) is 18.3 Å². The van der Waals surface area contributed by atoms with E-state index in [-0.39, 0.29) is 28.0 Å². The van der Waals surface area contributed by atoms with Gasteiger partial charge >= 0.3 is 17.1 Å². The van der Waals surface area contributed by atoms with Gasteiger partial charge in [-0.05, 0) is 48.5 Å². The molecular formula is C20H22CuN6O8S4. The molecule has 0 fully saturated rings. The van der Waals surface area contributed by atoms with Gasteiger partial charge in [0.2, 0.25) is 0 Å². The maximum Gasteiger partial charge on any atom is 2.00 e. The van der Waals surface area contributed by atoms with E-state index >= 15 is 0 Å². The molecule has 0 atom stereocenters. The minimum absolute atomic E-state index is 0. The first-order valence-corrected chi connectivity index (χ1v) is 15.6. The van der Waals surface area contributed by atoms with Gasteiger partial charge in [-0.15, -0.1) is 0 Å². The SMILES string of the molecule is O.O.O=S(=O)([O-])SSS(=O)(=O)[O-].[Cu+2].c1ccc(Nc2ccccn2)nc1.c1ccc(Nc2ccccn2)nc1. The largest absolute Gasteiger partial charge is 2.00 e. The molecule has 39 heavy (non-hydrogen) atoms. The number of anilines is 4. The number of rotatable bonds is 7. The van der Waals surface area contributed by atoms with Gasteiger partial charge in [-0.25, -0.2) is 36.8 Å². The van der Waals surface area contributed by atoms with Gasteiger partial charge in [-0.3, -0.25) is 0 Å². The second kappa shape index (κ2) is 20.1. The molecule has 0 unspecified atom stereocenters. The Balaban J connectivity index is 0. The fraction of sp³-hybridized carbons (Fsp3) is 0. The smallest absolute Gasteiger partial charge is 0.739 e. The monoisotopic (exact) mass is 665 g/mol. The van der Waals surface area contributed by atoms with Crippen LogP contribution in [0, 0.1) is 0 Å². The van der Waals surface area contributed by atoms with Crippen LogP contribution < -0.4 is 10.6 Å². The zero-order chi connectivity index (χ0) is 26.3. The van der Waals surface area contributed by atoms with Crippen molar-refractivity contribution in [2.24, 2.45) is 0 Å². The minimum atomic E-state index is -4.71. The molecule has 0 aliphatic carbocycles. The van der Waals surface area contributed by atoms with Gasteiger partial charge in [-0.2, -0.15) is 0 Å². The van der Waals surface area contributed by atoms with Gasteiger partial charge in [0.25, 0.3) is 0 Å². The number of hydrogen-bond acceptors (Lipinski definition) is 14. The first kappa shape index (κ1) is 38.3. The van der Waals surface area contributed by atoms with Gasteiger partial charge in [0, 0.05) is 44.4 Å². The summed E-state index contributed by atoms with van der Waals surface area (Å²) in [6, 6.07) is 22.8. The summed E-state index contributed by atoms with van der Waals surface area (Å²) < 4.78 is 58.0. The van der Waals surface area contributed by atoms with Crippen LogP contribution in [0.4, 0.5) is 23.3 Å². The Morgan fingerprint density at radius 1 is 0.513 bits per heavy atom. The van der Waals surface area contributed by atoms with Crippen LogP contribution in [0.3, 0.4) is 0 Å². The van der Waals surface area contributed by atoms with E-state index in [4.69, 9.17) is 0 Å². The maximum absolute atomic E-state index is 9.66. The van der Waals surface area contributed by atoms with Crippen LogP contribution >= 0.6 is 19.7 Å². The fourth-order valence-electron chi connectivity index (χ4n) is 2.08. The van der Waals surface area contributed by atoms with Crippen molar-refractivity contribution in [3.63, 3.8) is 0 Å². The molecule has 215 valence electrons. The molecule has 0 bridgehead atoms. The predicted octanol–water partition coefficient (Wildman–Crippen LogP) is 2.08. The van der Waals surface area contributed by atoms with Crippen molar-refractivity contribution < 1.29 is 54.0 Å². The molecule has 0 aliphatic heterocycles. The Kier molecular flexibility index (Phi) is 19.8. The zero-order valence-electron chi connectivity index (χ0n) is 19.4. The second-order valence-electron chi connectivity index (χ2n) is 6.06. The molecule has 0 saturated carbocycles. The van der Waals surface area contributed by atoms with Crippen molar-refractivity contribution in [2.75, 3.05) is 10.6 Å². The van der Waals surface area contributed by atoms with Crippen LogP contribution in [-0.2, 0) is 35.4 Å². The van der Waals surface area contributed by atoms with Crippen molar-refractivity contribution >= 4 is 61.2 Å². The third-order valence-corrected chi connectivity index (χ3v) is 9.92. The zero-order valence-corrected chi connectivity index (χ0v) is 23.6. The molecule has 0 saturated heterocycles. The van der Waals surface area contributed by atoms with Crippen LogP contribution in [0.1, 0.15) is 0 Å². The maximum atomic E-state index is 9.66. The number of pyridine rings is 4. The third-order valence-electron chi connectivity index (χ3n) is 3.37. The Morgan fingerprint density at radius 2 is 0.744 bits per heavy atom. The molecular weight excluding hydrogens is 644 g/mol. The van der Waals surface area contributed by atoms with E-state index in [9.17, 15) is 25.9 Å². The third kappa shape index (κ3) is 19.8. The summed E-state index contributed by atoms with van der Waals surface area (Å²) >= 11 is 0. The van der Waals surface area contributed by atoms with Gasteiger partial charge in [-0.1, -0.05) is 24.3 Å². The number of aromatic nitrogens is 4. The quantitative estimate of drug-likeness (QED) is 0.163. The molecule has 0 aliphatic rings. The van der Waals surface area contributed by atoms with Crippen LogP contribution in [0.25, 0.3) is 0 Å². The first-order valence-electron chi connectivity index (χ1n) is 9.58. The van der Waals surface area contributed by atoms with E-state index in [1.807, 2.05) is 72.8 Å². The Bertz CT molecular complexity index is 1200. The van der Waals surface area contributed by atoms with Crippen LogP contribution in [0.5, 0.6) is 0 Å². The normalized spacial score (nSPS) is 9.79. The first-order chi connectivity index (χ1) is 17.1. The Morgan fingerprint density at radius 3 is 0.897 bits per heavy atom. The summed E-state index contributed by atoms with van der Waals surface area (Å²) in [5.74, 6) is 3.23. The summed E-state index contributed by atoms with van der Waals surface area (Å²) in [5.41, 5.74) is 0. The van der Waals surface area contributed by atoms with Crippen molar-refractivity contribution in [2.45, 2.75) is 0 Å². The number of nitrogens with zero attached hydrogens (tertiary/aromatic N) is 4. The average Bonchev–Trinajstić information content (AvgIpc) is 2.86. The van der Waals surface area contributed by atoms with Crippen molar-refractivity contribution in [3.8, 4) is 0 Å². The van der Waals surface area contributed by atoms with Gasteiger partial charge < -0.3 is 30.7 Å². The van der Waals surface area contributed by atoms with Gasteiger partial charge in [0.05, 0.1) is 0 Å². The molecule has 6 N–H and O–H groups in total. The van der Waals surface area contributed by atoms with E-state index < -0.39 is 38.0 Å². The Hall–Kier alpha value is -2.84. The van der Waals surface area contributed by atoms with E-state index in [1.54, 1.807) is 24.8 Å². The molecule has 4 heterocycles. The molecule has 0 aromatic carbocycles. The summed E-state index contributed by atoms with van der Waals surface area (Å²) in [7, 11) is -10.5. The van der Waals surface area contributed by atoms with Crippen LogP contribution in [-0.4, -0.2) is 56.8 Å². The summed E-state index contributed by atoms with van der Waals surface area (Å²) in [5, 5.41) is 6.16. The van der Waals surface area contributed by atoms with Crippen LogP contribution in [0.15, 0.2) is 97.6 Å². The molecule has 4 aromatic heterocycles. The van der Waals surface area contributed by atoms with Crippen LogP contribution in [0.2, 0.25) is 0 Å². The molecule has 4 rings (SSSR count). The minimum Gasteiger partial charge on any atom is -0.739 e. The number of hydrogen-bond donors (Lipinski definition) is 2. The summed E-state index contributed by atoms with van der Waals surface area (Å²) in [4.78, 5) is 16.5. The van der Waals surface area contributed by atoms with Crippen molar-refractivity contribution in [1.29, 1.82) is 0 Å². The summed E-state index contributed by atoms with van der Waals surface area (Å²) in [6.07, 6.45) is 6.97. The van der Waals surface area contributed by atoms with E-state index in [1.165, 1.54) is 0 Å². The van der Waals surface area contributed by atoms with E-state index in [2.05, 4.69) is 30.6 Å². The predicted molar refractivity (Wildman–Crippen MR) is 145 cm³/mol.